The van der Waals surface area contributed by atoms with E-state index < -0.39 is 16.3 Å². The van der Waals surface area contributed by atoms with Gasteiger partial charge in [0.25, 0.3) is 0 Å². The van der Waals surface area contributed by atoms with Crippen LogP contribution in [0, 0.1) is 13.8 Å². The third-order valence-corrected chi connectivity index (χ3v) is 5.18. The molecule has 0 aliphatic carbocycles. The number of aryl methyl sites for hydroxylation is 1. The van der Waals surface area contributed by atoms with Crippen molar-refractivity contribution in [1.29, 1.82) is 0 Å². The number of aromatic nitrogens is 1. The highest BCUT2D eigenvalue weighted by Gasteiger charge is 2.21. The summed E-state index contributed by atoms with van der Waals surface area (Å²) >= 11 is 0. The van der Waals surface area contributed by atoms with Crippen molar-refractivity contribution in [3.05, 3.63) is 51.9 Å². The number of pyridine rings is 1. The zero-order valence-electron chi connectivity index (χ0n) is 14.1. The van der Waals surface area contributed by atoms with Crippen LogP contribution in [0.3, 0.4) is 0 Å². The van der Waals surface area contributed by atoms with E-state index in [-0.39, 0.29) is 5.75 Å². The Morgan fingerprint density at radius 1 is 1.12 bits per heavy atom. The van der Waals surface area contributed by atoms with E-state index in [2.05, 4.69) is 15.0 Å². The number of hydrogen-bond acceptors (Lipinski definition) is 6. The van der Waals surface area contributed by atoms with Gasteiger partial charge in [-0.25, -0.2) is 9.98 Å². The third kappa shape index (κ3) is 3.03. The maximum absolute atomic E-state index is 12.7. The van der Waals surface area contributed by atoms with Crippen molar-refractivity contribution < 1.29 is 13.7 Å². The first-order chi connectivity index (χ1) is 11.5. The second-order valence-electron chi connectivity index (χ2n) is 5.51. The van der Waals surface area contributed by atoms with Gasteiger partial charge in [-0.05, 0) is 26.0 Å². The van der Waals surface area contributed by atoms with E-state index in [1.165, 1.54) is 0 Å². The fourth-order valence-corrected chi connectivity index (χ4v) is 3.82. The number of rotatable bonds is 5. The van der Waals surface area contributed by atoms with E-state index in [1.807, 2.05) is 26.0 Å². The third-order valence-electron chi connectivity index (χ3n) is 3.95. The molecule has 0 bridgehead atoms. The summed E-state index contributed by atoms with van der Waals surface area (Å²) in [6, 6.07) is 5.45. The topological polar surface area (TPSA) is 73.1 Å². The van der Waals surface area contributed by atoms with Crippen LogP contribution in [0.4, 0.5) is 0 Å². The molecule has 3 rings (SSSR count). The van der Waals surface area contributed by atoms with E-state index in [9.17, 15) is 4.21 Å². The molecular formula is C17H19N3O3S. The first kappa shape index (κ1) is 16.6. The summed E-state index contributed by atoms with van der Waals surface area (Å²) in [4.78, 5) is 13.3. The van der Waals surface area contributed by atoms with Crippen LogP contribution in [0.15, 0.2) is 34.4 Å². The predicted molar refractivity (Wildman–Crippen MR) is 91.2 cm³/mol. The molecule has 2 unspecified atom stereocenters. The average molecular weight is 345 g/mol. The van der Waals surface area contributed by atoms with Crippen LogP contribution in [0.2, 0.25) is 0 Å². The largest absolute Gasteiger partial charge is 0.497 e. The minimum absolute atomic E-state index is 0.283. The quantitative estimate of drug-likeness (QED) is 0.816. The molecule has 0 fully saturated rings. The van der Waals surface area contributed by atoms with Crippen LogP contribution in [-0.4, -0.2) is 28.9 Å². The van der Waals surface area contributed by atoms with Gasteiger partial charge in [-0.1, -0.05) is 0 Å². The fraction of sp³-hybridized carbons (Fsp3) is 0.353. The molecule has 0 radical (unpaired) electrons. The van der Waals surface area contributed by atoms with Gasteiger partial charge >= 0.3 is 0 Å². The molecule has 1 aromatic carbocycles. The van der Waals surface area contributed by atoms with Gasteiger partial charge in [-0.3, -0.25) is 9.19 Å². The lowest BCUT2D eigenvalue weighted by Crippen LogP contribution is -2.20. The second-order valence-corrected chi connectivity index (χ2v) is 6.98. The van der Waals surface area contributed by atoms with Crippen LogP contribution in [0.5, 0.6) is 11.5 Å². The summed E-state index contributed by atoms with van der Waals surface area (Å²) in [6.07, 6.45) is 1.74. The summed E-state index contributed by atoms with van der Waals surface area (Å²) in [5.74, 6) is 1.77. The Kier molecular flexibility index (Phi) is 4.62. The highest BCUT2D eigenvalue weighted by atomic mass is 32.2. The van der Waals surface area contributed by atoms with Gasteiger partial charge in [0, 0.05) is 23.4 Å². The van der Waals surface area contributed by atoms with Crippen LogP contribution in [0.1, 0.15) is 16.8 Å². The van der Waals surface area contributed by atoms with E-state index in [0.29, 0.717) is 11.1 Å². The molecule has 0 N–H and O–H groups in total. The molecule has 0 saturated carbocycles. The molecule has 1 aliphatic heterocycles. The predicted octanol–water partition coefficient (Wildman–Crippen LogP) is 1.20. The van der Waals surface area contributed by atoms with Crippen LogP contribution in [-0.2, 0) is 16.6 Å². The molecule has 1 aliphatic rings. The lowest BCUT2D eigenvalue weighted by molar-refractivity contribution is 0.407. The molecule has 1 aromatic heterocycles. The second kappa shape index (κ2) is 6.68. The lowest BCUT2D eigenvalue weighted by Gasteiger charge is -2.12. The van der Waals surface area contributed by atoms with Crippen molar-refractivity contribution in [2.24, 2.45) is 9.98 Å². The van der Waals surface area contributed by atoms with E-state index in [4.69, 9.17) is 9.47 Å². The van der Waals surface area contributed by atoms with E-state index in [0.717, 1.165) is 27.9 Å². The maximum Gasteiger partial charge on any atom is 0.216 e. The minimum Gasteiger partial charge on any atom is -0.497 e. The summed E-state index contributed by atoms with van der Waals surface area (Å²) in [7, 11) is 1.93. The van der Waals surface area contributed by atoms with E-state index >= 15 is 0 Å². The zero-order valence-corrected chi connectivity index (χ0v) is 14.9. The Morgan fingerprint density at radius 3 is 2.58 bits per heavy atom. The Morgan fingerprint density at radius 2 is 1.88 bits per heavy atom. The molecule has 0 spiro atoms. The molecule has 2 heterocycles. The fourth-order valence-electron chi connectivity index (χ4n) is 2.65. The highest BCUT2D eigenvalue weighted by molar-refractivity contribution is 7.84. The summed E-state index contributed by atoms with van der Waals surface area (Å²) in [5.41, 5.74) is 2.00. The number of benzene rings is 1. The van der Waals surface area contributed by atoms with Gasteiger partial charge in [-0.15, -0.1) is 0 Å². The van der Waals surface area contributed by atoms with Crippen LogP contribution < -0.4 is 20.2 Å². The zero-order chi connectivity index (χ0) is 17.3. The first-order valence-electron chi connectivity index (χ1n) is 7.49. The van der Waals surface area contributed by atoms with Crippen LogP contribution in [0.25, 0.3) is 0 Å². The molecule has 24 heavy (non-hydrogen) atoms. The van der Waals surface area contributed by atoms with Gasteiger partial charge < -0.3 is 9.47 Å². The standard InChI is InChI=1S/C17H19N3O3S/c1-10-8-18-15(11(2)16(10)23-4)9-24(21)17-19-13-6-5-12(22-3)7-14(13)20-17/h5-8,17H,9H2,1-4H3. The van der Waals surface area contributed by atoms with Crippen molar-refractivity contribution in [1.82, 2.24) is 4.98 Å². The Labute approximate surface area is 142 Å². The molecule has 126 valence electrons. The van der Waals surface area contributed by atoms with Gasteiger partial charge in [0.1, 0.15) is 11.5 Å². The Bertz CT molecular complexity index is 927. The van der Waals surface area contributed by atoms with Crippen LogP contribution >= 0.6 is 0 Å². The first-order valence-corrected chi connectivity index (χ1v) is 8.87. The number of nitrogens with zero attached hydrogens (tertiary/aromatic N) is 3. The van der Waals surface area contributed by atoms with Crippen molar-refractivity contribution >= 4 is 10.8 Å². The van der Waals surface area contributed by atoms with Gasteiger partial charge in [-0.2, -0.15) is 0 Å². The molecular weight excluding hydrogens is 326 g/mol. The molecule has 6 nitrogen and oxygen atoms in total. The number of fused-ring (bicyclic) bond motifs is 1. The highest BCUT2D eigenvalue weighted by Crippen LogP contribution is 2.25. The number of methoxy groups -OCH3 is 2. The van der Waals surface area contributed by atoms with Gasteiger partial charge in [0.15, 0.2) is 0 Å². The van der Waals surface area contributed by atoms with Crippen molar-refractivity contribution in [2.45, 2.75) is 25.1 Å². The average Bonchev–Trinajstić information content (AvgIpc) is 3.01. The van der Waals surface area contributed by atoms with Gasteiger partial charge in [0.2, 0.25) is 5.50 Å². The summed E-state index contributed by atoms with van der Waals surface area (Å²) in [6.45, 7) is 3.86. The van der Waals surface area contributed by atoms with Crippen molar-refractivity contribution in [3.8, 4) is 11.5 Å². The van der Waals surface area contributed by atoms with Gasteiger partial charge in [0.05, 0.1) is 47.2 Å². The smallest absolute Gasteiger partial charge is 0.216 e. The molecule has 0 amide bonds. The number of ether oxygens (including phenoxy) is 2. The Hall–Kier alpha value is -2.28. The van der Waals surface area contributed by atoms with Crippen molar-refractivity contribution in [2.75, 3.05) is 14.2 Å². The molecule has 2 aromatic rings. The summed E-state index contributed by atoms with van der Waals surface area (Å²) in [5, 5.41) is 1.44. The number of hydrogen-bond donors (Lipinski definition) is 0. The minimum atomic E-state index is -1.30. The molecule has 2 atom stereocenters. The van der Waals surface area contributed by atoms with E-state index in [1.54, 1.807) is 26.5 Å². The normalized spacial score (nSPS) is 16.8. The Balaban J connectivity index is 1.85. The monoisotopic (exact) mass is 345 g/mol. The SMILES string of the molecule is COc1ccc2c(c1)=NC(S(=O)Cc1ncc(C)c(OC)c1C)N=2. The maximum atomic E-state index is 12.7. The molecule has 0 saturated heterocycles. The van der Waals surface area contributed by atoms with Crippen molar-refractivity contribution in [3.63, 3.8) is 0 Å². The summed E-state index contributed by atoms with van der Waals surface area (Å²) < 4.78 is 23.3. The lowest BCUT2D eigenvalue weighted by atomic mass is 10.1. The molecule has 7 heteroatoms.